The molecule has 0 unspecified atom stereocenters. The van der Waals surface area contributed by atoms with E-state index in [4.69, 9.17) is 0 Å². The van der Waals surface area contributed by atoms with Crippen LogP contribution in [0.15, 0.2) is 0 Å². The van der Waals surface area contributed by atoms with Crippen LogP contribution in [0.5, 0.6) is 0 Å². The first-order chi connectivity index (χ1) is 0. The molecular weight excluding hydrogens is 125 g/mol. The Morgan fingerprint density at radius 3 is 1.00 bits per heavy atom. The molecule has 0 heterocycles. The monoisotopic (exact) mass is 134 g/mol. The van der Waals surface area contributed by atoms with Crippen molar-refractivity contribution >= 4 is 84.7 Å². The summed E-state index contributed by atoms with van der Waals surface area (Å²) in [4.78, 5) is 0. The molecule has 0 saturated carbocycles. The van der Waals surface area contributed by atoms with Gasteiger partial charge in [-0.05, 0) is 0 Å². The van der Waals surface area contributed by atoms with Crippen LogP contribution in [-0.4, -0.2) is 90.1 Å². The Balaban J connectivity index is 0. The van der Waals surface area contributed by atoms with Crippen LogP contribution in [0.3, 0.4) is 0 Å². The van der Waals surface area contributed by atoms with Crippen molar-refractivity contribution in [1.29, 1.82) is 0 Å². The zero-order valence-electron chi connectivity index (χ0n) is 0.908. The maximum atomic E-state index is 0. The normalized spacial score (nSPS) is 0. The Kier molecular flexibility index (Phi) is 286. The fourth-order valence-electron chi connectivity index (χ4n) is 0. The summed E-state index contributed by atoms with van der Waals surface area (Å²) < 4.78 is 0. The SMILES string of the molecule is F.O.[AlH3].[CaH2].[NaH]. The van der Waals surface area contributed by atoms with E-state index >= 15 is 0 Å². The number of hydrogen-bond acceptors (Lipinski definition) is 0. The van der Waals surface area contributed by atoms with Crippen molar-refractivity contribution in [3.05, 3.63) is 0 Å². The van der Waals surface area contributed by atoms with Gasteiger partial charge < -0.3 is 5.48 Å². The molecule has 0 aromatic heterocycles. The quantitative estimate of drug-likeness (QED) is 0.309. The predicted molar refractivity (Wildman–Crippen MR) is 31.7 cm³/mol. The molecule has 0 spiro atoms. The first kappa shape index (κ1) is 47.7. The number of halogens is 1. The predicted octanol–water partition coefficient (Wildman–Crippen LogP) is -3.42. The average molecular weight is 134 g/mol. The summed E-state index contributed by atoms with van der Waals surface area (Å²) in [7, 11) is 0. The van der Waals surface area contributed by atoms with Gasteiger partial charge in [0.25, 0.3) is 0 Å². The summed E-state index contributed by atoms with van der Waals surface area (Å²) in [5, 5.41) is 0. The van der Waals surface area contributed by atoms with E-state index in [1.54, 1.807) is 0 Å². The average Bonchev–Trinajstić information content (AvgIpc) is 0. The van der Waals surface area contributed by atoms with Gasteiger partial charge in [0.05, 0.1) is 0 Å². The molecule has 1 nitrogen and oxygen atoms in total. The molecule has 0 aromatic rings. The van der Waals surface area contributed by atoms with Gasteiger partial charge in [0.2, 0.25) is 0 Å². The summed E-state index contributed by atoms with van der Waals surface area (Å²) in [6.45, 7) is 0. The van der Waals surface area contributed by atoms with E-state index in [9.17, 15) is 0 Å². The van der Waals surface area contributed by atoms with Crippen LogP contribution < -0.4 is 0 Å². The Labute approximate surface area is 93.0 Å². The number of rotatable bonds is 0. The summed E-state index contributed by atoms with van der Waals surface area (Å²) in [6.07, 6.45) is 0. The molecule has 0 aliphatic rings. The van der Waals surface area contributed by atoms with E-state index in [1.165, 1.54) is 0 Å². The molecule has 0 radical (unpaired) electrons. The zero-order valence-corrected chi connectivity index (χ0v) is 0.908. The van der Waals surface area contributed by atoms with Gasteiger partial charge in [0.1, 0.15) is 0 Å². The van der Waals surface area contributed by atoms with Crippen molar-refractivity contribution in [1.82, 2.24) is 0 Å². The van der Waals surface area contributed by atoms with Crippen molar-refractivity contribution in [3.63, 3.8) is 0 Å². The molecule has 5 heteroatoms. The van der Waals surface area contributed by atoms with Gasteiger partial charge in [-0.25, -0.2) is 0 Å². The summed E-state index contributed by atoms with van der Waals surface area (Å²) in [5.41, 5.74) is 0. The van der Waals surface area contributed by atoms with Crippen LogP contribution in [0, 0.1) is 0 Å². The Morgan fingerprint density at radius 2 is 1.00 bits per heavy atom. The van der Waals surface area contributed by atoms with Crippen molar-refractivity contribution in [2.24, 2.45) is 0 Å². The van der Waals surface area contributed by atoms with Crippen LogP contribution in [0.25, 0.3) is 0 Å². The van der Waals surface area contributed by atoms with Crippen molar-refractivity contribution in [2.45, 2.75) is 0 Å². The topological polar surface area (TPSA) is 31.5 Å². The molecule has 0 fully saturated rings. The van der Waals surface area contributed by atoms with Crippen LogP contribution in [0.1, 0.15) is 0 Å². The van der Waals surface area contributed by atoms with Gasteiger partial charge in [-0.15, -0.1) is 0 Å². The fraction of sp³-hybridized carbons (Fsp3) is 0. The molecular formula is H9AlCaFNaO. The molecule has 0 saturated heterocycles. The third-order valence-corrected chi connectivity index (χ3v) is 0. The van der Waals surface area contributed by atoms with Gasteiger partial charge in [0.15, 0.2) is 17.4 Å². The number of hydrogen-bond donors (Lipinski definition) is 0. The van der Waals surface area contributed by atoms with Crippen molar-refractivity contribution < 1.29 is 10.2 Å². The third-order valence-electron chi connectivity index (χ3n) is 0. The van der Waals surface area contributed by atoms with Crippen molar-refractivity contribution in [2.75, 3.05) is 0 Å². The molecule has 0 atom stereocenters. The van der Waals surface area contributed by atoms with Gasteiger partial charge in [-0.1, -0.05) is 0 Å². The summed E-state index contributed by atoms with van der Waals surface area (Å²) in [5.74, 6) is 0. The minimum atomic E-state index is 0. The van der Waals surface area contributed by atoms with E-state index in [0.717, 1.165) is 0 Å². The fourth-order valence-corrected chi connectivity index (χ4v) is 0. The summed E-state index contributed by atoms with van der Waals surface area (Å²) in [6, 6.07) is 0. The first-order valence-electron chi connectivity index (χ1n) is 0. The third kappa shape index (κ3) is 20.4. The van der Waals surface area contributed by atoms with Gasteiger partial charge in [0, 0.05) is 0 Å². The van der Waals surface area contributed by atoms with E-state index < -0.39 is 0 Å². The van der Waals surface area contributed by atoms with Gasteiger partial charge >= 0.3 is 67.3 Å². The first-order valence-corrected chi connectivity index (χ1v) is 0. The second-order valence-corrected chi connectivity index (χ2v) is 0. The molecule has 0 aliphatic carbocycles. The van der Waals surface area contributed by atoms with E-state index in [0.29, 0.717) is 0 Å². The van der Waals surface area contributed by atoms with Gasteiger partial charge in [-0.3, -0.25) is 4.70 Å². The van der Waals surface area contributed by atoms with Crippen LogP contribution >= 0.6 is 0 Å². The standard InChI is InChI=1S/Al.Ca.FH.Na.H2O.6H/h;;1H;;1H2;;;;;;. The second-order valence-electron chi connectivity index (χ2n) is 0. The Hall–Kier alpha value is 2.68. The van der Waals surface area contributed by atoms with Crippen LogP contribution in [0.4, 0.5) is 4.70 Å². The van der Waals surface area contributed by atoms with E-state index in [-0.39, 0.29) is 94.8 Å². The van der Waals surface area contributed by atoms with E-state index in [2.05, 4.69) is 0 Å². The minimum absolute atomic E-state index is 0. The second kappa shape index (κ2) is 30.0. The van der Waals surface area contributed by atoms with Crippen LogP contribution in [-0.2, 0) is 0 Å². The molecule has 28 valence electrons. The van der Waals surface area contributed by atoms with Crippen molar-refractivity contribution in [3.8, 4) is 0 Å². The molecule has 0 aromatic carbocycles. The Morgan fingerprint density at radius 1 is 1.00 bits per heavy atom. The summed E-state index contributed by atoms with van der Waals surface area (Å²) >= 11 is 0. The molecule has 0 bridgehead atoms. The molecule has 0 aliphatic heterocycles. The molecule has 0 rings (SSSR count). The Bertz CT molecular complexity index is 11.6. The molecule has 5 heavy (non-hydrogen) atoms. The van der Waals surface area contributed by atoms with Crippen LogP contribution in [0.2, 0.25) is 0 Å². The van der Waals surface area contributed by atoms with Gasteiger partial charge in [-0.2, -0.15) is 0 Å². The zero-order chi connectivity index (χ0) is 0. The molecule has 2 N–H and O–H groups in total. The van der Waals surface area contributed by atoms with E-state index in [1.807, 2.05) is 0 Å². The molecule has 0 amide bonds. The maximum absolute atomic E-state index is 0.